The Hall–Kier alpha value is -3.74. The maximum atomic E-state index is 14.0. The lowest BCUT2D eigenvalue weighted by atomic mass is 9.57. The third kappa shape index (κ3) is 3.85. The number of hydrogen-bond acceptors (Lipinski definition) is 10. The molecule has 39 heavy (non-hydrogen) atoms. The number of carboxylic acids is 1. The first-order valence-electron chi connectivity index (χ1n) is 12.4. The third-order valence-corrected chi connectivity index (χ3v) is 8.16. The first-order valence-corrected chi connectivity index (χ1v) is 12.4. The second kappa shape index (κ2) is 8.90. The number of phenols is 1. The van der Waals surface area contributed by atoms with Crippen molar-refractivity contribution in [3.05, 3.63) is 45.2 Å². The van der Waals surface area contributed by atoms with Crippen molar-refractivity contribution in [2.75, 3.05) is 14.1 Å². The Bertz CT molecular complexity index is 1400. The molecule has 1 fully saturated rings. The van der Waals surface area contributed by atoms with Gasteiger partial charge in [0.1, 0.15) is 28.9 Å². The molecule has 5 atom stereocenters. The number of amides is 1. The van der Waals surface area contributed by atoms with Crippen LogP contribution in [0.1, 0.15) is 55.5 Å². The molecule has 4 rings (SSSR count). The number of hydrogen-bond donors (Lipinski definition) is 7. The molecule has 0 saturated heterocycles. The van der Waals surface area contributed by atoms with E-state index in [1.165, 1.54) is 25.1 Å². The van der Waals surface area contributed by atoms with E-state index < -0.39 is 75.5 Å². The van der Waals surface area contributed by atoms with Crippen LogP contribution >= 0.6 is 0 Å². The molecule has 210 valence electrons. The summed E-state index contributed by atoms with van der Waals surface area (Å²) in [5.41, 5.74) is 7.08. The normalized spacial score (nSPS) is 27.7. The van der Waals surface area contributed by atoms with E-state index in [1.54, 1.807) is 20.8 Å². The van der Waals surface area contributed by atoms with Crippen molar-refractivity contribution in [1.29, 1.82) is 0 Å². The highest BCUT2D eigenvalue weighted by molar-refractivity contribution is 6.24. The first-order chi connectivity index (χ1) is 17.9. The van der Waals surface area contributed by atoms with Crippen molar-refractivity contribution in [2.24, 2.45) is 23.3 Å². The Morgan fingerprint density at radius 3 is 2.23 bits per heavy atom. The maximum Gasteiger partial charge on any atom is 0.325 e. The van der Waals surface area contributed by atoms with Crippen molar-refractivity contribution < 1.29 is 44.7 Å². The van der Waals surface area contributed by atoms with E-state index in [0.29, 0.717) is 0 Å². The summed E-state index contributed by atoms with van der Waals surface area (Å²) >= 11 is 0. The van der Waals surface area contributed by atoms with Crippen LogP contribution in [0.3, 0.4) is 0 Å². The summed E-state index contributed by atoms with van der Waals surface area (Å²) in [5.74, 6) is -9.01. The molecule has 9 N–H and O–H groups in total. The molecule has 0 radical (unpaired) electrons. The van der Waals surface area contributed by atoms with Gasteiger partial charge in [0.25, 0.3) is 5.91 Å². The van der Waals surface area contributed by atoms with Crippen molar-refractivity contribution in [2.45, 2.75) is 56.7 Å². The highest BCUT2D eigenvalue weighted by atomic mass is 16.4. The molecule has 1 saturated carbocycles. The number of nitrogens with two attached hydrogens (primary N) is 2. The van der Waals surface area contributed by atoms with Gasteiger partial charge in [0.05, 0.1) is 11.6 Å². The zero-order valence-electron chi connectivity index (χ0n) is 22.3. The molecule has 0 spiro atoms. The number of nitrogens with zero attached hydrogens (tertiary/aromatic N) is 1. The van der Waals surface area contributed by atoms with Gasteiger partial charge in [-0.3, -0.25) is 24.1 Å². The number of primary amides is 1. The lowest BCUT2D eigenvalue weighted by Crippen LogP contribution is -2.65. The number of aromatic hydroxyl groups is 1. The first kappa shape index (κ1) is 28.3. The van der Waals surface area contributed by atoms with Crippen LogP contribution in [-0.2, 0) is 31.0 Å². The Morgan fingerprint density at radius 1 is 1.15 bits per heavy atom. The molecule has 3 aliphatic carbocycles. The molecule has 1 aromatic rings. The van der Waals surface area contributed by atoms with Gasteiger partial charge in [0, 0.05) is 17.1 Å². The molecule has 3 aliphatic rings. The van der Waals surface area contributed by atoms with Crippen molar-refractivity contribution >= 4 is 29.2 Å². The van der Waals surface area contributed by atoms with Crippen LogP contribution in [0.2, 0.25) is 0 Å². The lowest BCUT2D eigenvalue weighted by Gasteiger charge is -2.50. The number of phenolic OH excluding ortho intramolecular Hbond substituents is 1. The van der Waals surface area contributed by atoms with Crippen LogP contribution in [0.4, 0.5) is 0 Å². The number of carbonyl (C=O) groups is 4. The topological polar surface area (TPSA) is 225 Å². The largest absolute Gasteiger partial charge is 0.508 e. The number of aliphatic carboxylic acids is 1. The fraction of sp³-hybridized carbons (Fsp3) is 0.481. The molecule has 1 amide bonds. The number of rotatable bonds is 4. The number of aliphatic hydroxyl groups excluding tert-OH is 2. The number of Topliss-reactive ketones (excluding diaryl/α,β-unsaturated/α-hetero) is 2. The summed E-state index contributed by atoms with van der Waals surface area (Å²) in [6.45, 7) is 5.27. The third-order valence-electron chi connectivity index (χ3n) is 8.16. The predicted octanol–water partition coefficient (Wildman–Crippen LogP) is 0.346. The predicted molar refractivity (Wildman–Crippen MR) is 138 cm³/mol. The lowest BCUT2D eigenvalue weighted by molar-refractivity contribution is -0.153. The van der Waals surface area contributed by atoms with E-state index in [0.717, 1.165) is 0 Å². The molecule has 12 heteroatoms. The summed E-state index contributed by atoms with van der Waals surface area (Å²) in [6, 6.07) is -1.26. The SMILES string of the molecule is CN(C)[C@@H]1C(=O)C(C(N)=O)=C(O)[C@@]2(O)C(=O)C3=C(O)c4c(O)c(C(C)(C)C)cc(C(N)C(=O)O)c4C[C@@H]3C[C@@H]12. The van der Waals surface area contributed by atoms with E-state index in [-0.39, 0.29) is 46.4 Å². The van der Waals surface area contributed by atoms with Gasteiger partial charge in [-0.1, -0.05) is 20.8 Å². The van der Waals surface area contributed by atoms with Crippen LogP contribution in [-0.4, -0.2) is 79.6 Å². The molecule has 0 aromatic heterocycles. The summed E-state index contributed by atoms with van der Waals surface area (Å²) in [5, 5.41) is 55.0. The summed E-state index contributed by atoms with van der Waals surface area (Å²) < 4.78 is 0. The molecule has 1 aromatic carbocycles. The number of benzene rings is 1. The second-order valence-corrected chi connectivity index (χ2v) is 11.7. The van der Waals surface area contributed by atoms with Crippen LogP contribution in [0.25, 0.3) is 5.76 Å². The van der Waals surface area contributed by atoms with Crippen LogP contribution < -0.4 is 11.5 Å². The van der Waals surface area contributed by atoms with Crippen molar-refractivity contribution in [3.63, 3.8) is 0 Å². The summed E-state index contributed by atoms with van der Waals surface area (Å²) in [6.07, 6.45) is -0.169. The van der Waals surface area contributed by atoms with Gasteiger partial charge in [-0.2, -0.15) is 0 Å². The highest BCUT2D eigenvalue weighted by Gasteiger charge is 2.64. The standard InChI is InChI=1S/C27H33N3O9/c1-26(2,3)13-8-11(17(28)25(37)38)10-6-9-7-12-18(30(4)5)21(33)16(24(29)36)23(35)27(12,39)22(34)14(9)20(32)15(10)19(13)31/h8-9,12,17-18,31-32,35,39H,6-7,28H2,1-5H3,(H2,29,36)(H,37,38)/t9-,12+,17?,18+,27+/m1/s1. The Balaban J connectivity index is 2.05. The fourth-order valence-electron chi connectivity index (χ4n) is 6.32. The summed E-state index contributed by atoms with van der Waals surface area (Å²) in [4.78, 5) is 52.5. The van der Waals surface area contributed by atoms with E-state index in [1.807, 2.05) is 0 Å². The Kier molecular flexibility index (Phi) is 6.45. The zero-order chi connectivity index (χ0) is 29.5. The minimum atomic E-state index is -2.76. The van der Waals surface area contributed by atoms with E-state index in [4.69, 9.17) is 11.5 Å². The quantitative estimate of drug-likeness (QED) is 0.256. The van der Waals surface area contributed by atoms with Crippen LogP contribution in [0.5, 0.6) is 5.75 Å². The smallest absolute Gasteiger partial charge is 0.325 e. The second-order valence-electron chi connectivity index (χ2n) is 11.7. The number of aliphatic hydroxyl groups is 3. The molecule has 12 nitrogen and oxygen atoms in total. The Labute approximate surface area is 224 Å². The minimum Gasteiger partial charge on any atom is -0.508 e. The van der Waals surface area contributed by atoms with E-state index in [9.17, 15) is 44.7 Å². The minimum absolute atomic E-state index is 0.0527. The number of carbonyl (C=O) groups excluding carboxylic acids is 3. The van der Waals surface area contributed by atoms with Gasteiger partial charge < -0.3 is 37.0 Å². The number of fused-ring (bicyclic) bond motifs is 3. The molecule has 1 unspecified atom stereocenters. The van der Waals surface area contributed by atoms with E-state index >= 15 is 0 Å². The molecule has 0 heterocycles. The molecule has 0 bridgehead atoms. The van der Waals surface area contributed by atoms with Gasteiger partial charge in [-0.25, -0.2) is 0 Å². The van der Waals surface area contributed by atoms with Gasteiger partial charge in [0.2, 0.25) is 5.78 Å². The highest BCUT2D eigenvalue weighted by Crippen LogP contribution is 2.54. The van der Waals surface area contributed by atoms with Gasteiger partial charge >= 0.3 is 5.97 Å². The molecule has 0 aliphatic heterocycles. The summed E-state index contributed by atoms with van der Waals surface area (Å²) in [7, 11) is 3.01. The van der Waals surface area contributed by atoms with Gasteiger partial charge in [0.15, 0.2) is 11.4 Å². The average Bonchev–Trinajstić information content (AvgIpc) is 2.79. The van der Waals surface area contributed by atoms with Gasteiger partial charge in [-0.15, -0.1) is 0 Å². The molecular formula is C27H33N3O9. The van der Waals surface area contributed by atoms with E-state index in [2.05, 4.69) is 0 Å². The number of likely N-dealkylation sites (N-methyl/N-ethyl adjacent to an activating group) is 1. The Morgan fingerprint density at radius 2 is 1.74 bits per heavy atom. The van der Waals surface area contributed by atoms with Crippen molar-refractivity contribution in [1.82, 2.24) is 4.90 Å². The average molecular weight is 544 g/mol. The monoisotopic (exact) mass is 543 g/mol. The number of ketones is 2. The number of carboxylic acid groups (broad SMARTS) is 1. The van der Waals surface area contributed by atoms with Crippen molar-refractivity contribution in [3.8, 4) is 5.75 Å². The van der Waals surface area contributed by atoms with Gasteiger partial charge in [-0.05, 0) is 55.5 Å². The molecular weight excluding hydrogens is 510 g/mol. The maximum absolute atomic E-state index is 14.0. The zero-order valence-corrected chi connectivity index (χ0v) is 22.3. The van der Waals surface area contributed by atoms with Crippen LogP contribution in [0.15, 0.2) is 23.0 Å². The van der Waals surface area contributed by atoms with Crippen LogP contribution in [0, 0.1) is 11.8 Å². The fourth-order valence-corrected chi connectivity index (χ4v) is 6.32.